The molecule has 1 unspecified atom stereocenters. The second kappa shape index (κ2) is 6.37. The number of hydrogen-bond donors (Lipinski definition) is 2. The first kappa shape index (κ1) is 16.0. The number of carbonyl (C=O) groups excluding carboxylic acids is 2. The van der Waals surface area contributed by atoms with Crippen molar-refractivity contribution in [3.05, 3.63) is 0 Å². The van der Waals surface area contributed by atoms with Gasteiger partial charge in [0.15, 0.2) is 0 Å². The molecule has 1 rings (SSSR count). The van der Waals surface area contributed by atoms with E-state index in [-0.39, 0.29) is 36.4 Å². The molecule has 1 saturated carbocycles. The molecule has 1 fully saturated rings. The van der Waals surface area contributed by atoms with E-state index in [1.165, 1.54) is 0 Å². The molecule has 0 aromatic carbocycles. The molecule has 19 heavy (non-hydrogen) atoms. The fraction of sp³-hybridized carbons (Fsp3) is 0.857. The van der Waals surface area contributed by atoms with Crippen LogP contribution in [-0.4, -0.2) is 35.3 Å². The zero-order valence-corrected chi connectivity index (χ0v) is 12.3. The monoisotopic (exact) mass is 269 g/mol. The summed E-state index contributed by atoms with van der Waals surface area (Å²) in [6, 6.07) is -0.0519. The molecule has 0 aliphatic heterocycles. The van der Waals surface area contributed by atoms with Crippen LogP contribution in [0.15, 0.2) is 0 Å². The molecule has 4 N–H and O–H groups in total. The zero-order valence-electron chi connectivity index (χ0n) is 12.3. The van der Waals surface area contributed by atoms with E-state index in [0.29, 0.717) is 0 Å². The summed E-state index contributed by atoms with van der Waals surface area (Å²) < 4.78 is 0. The fourth-order valence-electron chi connectivity index (χ4n) is 2.42. The Kier molecular flexibility index (Phi) is 5.35. The highest BCUT2D eigenvalue weighted by molar-refractivity contribution is 5.84. The SMILES string of the molecule is CC(C)(C)C(N)CC(=O)N(CC(N)=O)C1CCCC1. The smallest absolute Gasteiger partial charge is 0.237 e. The van der Waals surface area contributed by atoms with Crippen LogP contribution in [0.25, 0.3) is 0 Å². The molecule has 0 aromatic rings. The Labute approximate surface area is 115 Å². The highest BCUT2D eigenvalue weighted by Gasteiger charge is 2.31. The van der Waals surface area contributed by atoms with Crippen LogP contribution in [0.3, 0.4) is 0 Å². The maximum atomic E-state index is 12.4. The van der Waals surface area contributed by atoms with Gasteiger partial charge in [-0.25, -0.2) is 0 Å². The minimum absolute atomic E-state index is 0.0142. The van der Waals surface area contributed by atoms with Gasteiger partial charge in [-0.3, -0.25) is 9.59 Å². The van der Waals surface area contributed by atoms with Crippen LogP contribution >= 0.6 is 0 Å². The van der Waals surface area contributed by atoms with Crippen molar-refractivity contribution in [1.29, 1.82) is 0 Å². The number of primary amides is 1. The molecule has 0 aromatic heterocycles. The molecule has 0 saturated heterocycles. The van der Waals surface area contributed by atoms with Gasteiger partial charge in [-0.2, -0.15) is 0 Å². The summed E-state index contributed by atoms with van der Waals surface area (Å²) in [6.07, 6.45) is 4.41. The number of nitrogens with zero attached hydrogens (tertiary/aromatic N) is 1. The van der Waals surface area contributed by atoms with Crippen LogP contribution in [0.2, 0.25) is 0 Å². The summed E-state index contributed by atoms with van der Waals surface area (Å²) in [6.45, 7) is 6.05. The molecule has 0 radical (unpaired) electrons. The number of carbonyl (C=O) groups is 2. The van der Waals surface area contributed by atoms with Gasteiger partial charge in [-0.05, 0) is 18.3 Å². The summed E-state index contributed by atoms with van der Waals surface area (Å²) in [5.41, 5.74) is 11.2. The molecular weight excluding hydrogens is 242 g/mol. The van der Waals surface area contributed by atoms with Gasteiger partial charge in [0.05, 0.1) is 6.54 Å². The first-order chi connectivity index (χ1) is 8.71. The Morgan fingerprint density at radius 3 is 2.21 bits per heavy atom. The number of hydrogen-bond acceptors (Lipinski definition) is 3. The lowest BCUT2D eigenvalue weighted by Crippen LogP contribution is -2.47. The Morgan fingerprint density at radius 2 is 1.79 bits per heavy atom. The third kappa shape index (κ3) is 4.82. The van der Waals surface area contributed by atoms with Gasteiger partial charge in [0.25, 0.3) is 0 Å². The van der Waals surface area contributed by atoms with Crippen LogP contribution in [0.5, 0.6) is 0 Å². The van der Waals surface area contributed by atoms with Gasteiger partial charge in [-0.15, -0.1) is 0 Å². The summed E-state index contributed by atoms with van der Waals surface area (Å²) in [5, 5.41) is 0. The lowest BCUT2D eigenvalue weighted by atomic mass is 9.85. The van der Waals surface area contributed by atoms with Gasteiger partial charge < -0.3 is 16.4 Å². The fourth-order valence-corrected chi connectivity index (χ4v) is 2.42. The molecule has 0 heterocycles. The van der Waals surface area contributed by atoms with E-state index in [0.717, 1.165) is 25.7 Å². The summed E-state index contributed by atoms with van der Waals surface area (Å²) >= 11 is 0. The van der Waals surface area contributed by atoms with Gasteiger partial charge in [-0.1, -0.05) is 33.6 Å². The summed E-state index contributed by atoms with van der Waals surface area (Å²) in [7, 11) is 0. The van der Waals surface area contributed by atoms with Crippen LogP contribution in [0.4, 0.5) is 0 Å². The quantitative estimate of drug-likeness (QED) is 0.780. The third-order valence-electron chi connectivity index (χ3n) is 3.92. The van der Waals surface area contributed by atoms with Crippen molar-refractivity contribution in [2.45, 2.75) is 65.0 Å². The second-order valence-electron chi connectivity index (χ2n) is 6.60. The van der Waals surface area contributed by atoms with Crippen LogP contribution in [0.1, 0.15) is 52.9 Å². The minimum Gasteiger partial charge on any atom is -0.368 e. The lowest BCUT2D eigenvalue weighted by Gasteiger charge is -2.32. The first-order valence-corrected chi connectivity index (χ1v) is 7.05. The number of rotatable bonds is 5. The highest BCUT2D eigenvalue weighted by Crippen LogP contribution is 2.26. The van der Waals surface area contributed by atoms with E-state index in [2.05, 4.69) is 0 Å². The van der Waals surface area contributed by atoms with Crippen molar-refractivity contribution in [1.82, 2.24) is 4.90 Å². The maximum Gasteiger partial charge on any atom is 0.237 e. The van der Waals surface area contributed by atoms with E-state index in [1.807, 2.05) is 20.8 Å². The predicted octanol–water partition coefficient (Wildman–Crippen LogP) is 1.01. The Balaban J connectivity index is 2.68. The molecule has 1 aliphatic carbocycles. The molecule has 5 nitrogen and oxygen atoms in total. The Bertz CT molecular complexity index is 330. The van der Waals surface area contributed by atoms with Crippen molar-refractivity contribution in [2.75, 3.05) is 6.54 Å². The van der Waals surface area contributed by atoms with Crippen molar-refractivity contribution in [3.8, 4) is 0 Å². The van der Waals surface area contributed by atoms with Crippen molar-refractivity contribution in [2.24, 2.45) is 16.9 Å². The van der Waals surface area contributed by atoms with E-state index in [9.17, 15) is 9.59 Å². The molecule has 5 heteroatoms. The molecule has 2 amide bonds. The first-order valence-electron chi connectivity index (χ1n) is 7.05. The largest absolute Gasteiger partial charge is 0.368 e. The normalized spacial score (nSPS) is 18.3. The summed E-state index contributed by atoms with van der Waals surface area (Å²) in [5.74, 6) is -0.502. The van der Waals surface area contributed by atoms with E-state index >= 15 is 0 Å². The highest BCUT2D eigenvalue weighted by atomic mass is 16.2. The Hall–Kier alpha value is -1.10. The molecule has 1 aliphatic rings. The van der Waals surface area contributed by atoms with Crippen molar-refractivity contribution < 1.29 is 9.59 Å². The average molecular weight is 269 g/mol. The maximum absolute atomic E-state index is 12.4. The molecule has 110 valence electrons. The third-order valence-corrected chi connectivity index (χ3v) is 3.92. The second-order valence-corrected chi connectivity index (χ2v) is 6.60. The molecular formula is C14H27N3O2. The topological polar surface area (TPSA) is 89.4 Å². The number of amides is 2. The molecule has 0 spiro atoms. The van der Waals surface area contributed by atoms with Crippen LogP contribution in [0, 0.1) is 5.41 Å². The average Bonchev–Trinajstić information content (AvgIpc) is 2.77. The Morgan fingerprint density at radius 1 is 1.26 bits per heavy atom. The van der Waals surface area contributed by atoms with Gasteiger partial charge in [0.2, 0.25) is 11.8 Å². The minimum atomic E-state index is -0.454. The molecule has 1 atom stereocenters. The van der Waals surface area contributed by atoms with Gasteiger partial charge in [0.1, 0.15) is 0 Å². The van der Waals surface area contributed by atoms with Crippen LogP contribution in [-0.2, 0) is 9.59 Å². The zero-order chi connectivity index (χ0) is 14.6. The van der Waals surface area contributed by atoms with Crippen LogP contribution < -0.4 is 11.5 Å². The van der Waals surface area contributed by atoms with E-state index in [1.54, 1.807) is 4.90 Å². The van der Waals surface area contributed by atoms with E-state index in [4.69, 9.17) is 11.5 Å². The van der Waals surface area contributed by atoms with Crippen molar-refractivity contribution >= 4 is 11.8 Å². The predicted molar refractivity (Wildman–Crippen MR) is 75.2 cm³/mol. The van der Waals surface area contributed by atoms with Gasteiger partial charge >= 0.3 is 0 Å². The standard InChI is InChI=1S/C14H27N3O2/c1-14(2,3)11(15)8-13(19)17(9-12(16)18)10-6-4-5-7-10/h10-11H,4-9,15H2,1-3H3,(H2,16,18). The molecule has 0 bridgehead atoms. The summed E-state index contributed by atoms with van der Waals surface area (Å²) in [4.78, 5) is 25.2. The lowest BCUT2D eigenvalue weighted by molar-refractivity contribution is -0.138. The number of nitrogens with two attached hydrogens (primary N) is 2. The van der Waals surface area contributed by atoms with Crippen molar-refractivity contribution in [3.63, 3.8) is 0 Å². The van der Waals surface area contributed by atoms with Gasteiger partial charge in [0, 0.05) is 18.5 Å². The van der Waals surface area contributed by atoms with E-state index < -0.39 is 5.91 Å².